The van der Waals surface area contributed by atoms with Gasteiger partial charge in [-0.1, -0.05) is 6.42 Å². The van der Waals surface area contributed by atoms with Crippen LogP contribution in [0.5, 0.6) is 5.75 Å². The van der Waals surface area contributed by atoms with Crippen molar-refractivity contribution >= 4 is 23.9 Å². The maximum absolute atomic E-state index is 12.9. The van der Waals surface area contributed by atoms with Gasteiger partial charge in [-0.05, 0) is 55.5 Å². The van der Waals surface area contributed by atoms with Crippen molar-refractivity contribution in [3.63, 3.8) is 0 Å². The Hall–Kier alpha value is -3.20. The summed E-state index contributed by atoms with van der Waals surface area (Å²) in [5, 5.41) is 5.96. The van der Waals surface area contributed by atoms with Gasteiger partial charge >= 0.3 is 0 Å². The first-order valence-electron chi connectivity index (χ1n) is 11.7. The molecule has 3 atom stereocenters. The monoisotopic (exact) mass is 451 g/mol. The van der Waals surface area contributed by atoms with Crippen molar-refractivity contribution in [1.29, 1.82) is 0 Å². The van der Waals surface area contributed by atoms with Crippen LogP contribution in [0.3, 0.4) is 0 Å². The van der Waals surface area contributed by atoms with E-state index < -0.39 is 11.9 Å². The number of carbonyl (C=O) groups excluding carboxylic acids is 3. The Kier molecular flexibility index (Phi) is 6.13. The fourth-order valence-electron chi connectivity index (χ4n) is 5.03. The number of piperidine rings is 1. The molecule has 2 N–H and O–H groups in total. The number of hydrogen-bond donors (Lipinski definition) is 2. The van der Waals surface area contributed by atoms with Crippen molar-refractivity contribution in [2.75, 3.05) is 13.3 Å². The van der Waals surface area contributed by atoms with E-state index in [0.29, 0.717) is 25.2 Å². The lowest BCUT2D eigenvalue weighted by Crippen LogP contribution is -2.52. The molecule has 0 spiro atoms. The third kappa shape index (κ3) is 4.64. The van der Waals surface area contributed by atoms with E-state index in [1.165, 1.54) is 6.42 Å². The minimum absolute atomic E-state index is 0.0532. The summed E-state index contributed by atoms with van der Waals surface area (Å²) in [5.74, 6) is -0.0987. The SMILES string of the molecule is O=C1CCC(N2Cc3cc(OC4CCCCC4NCN4C=CC=NC4)ccc3C2=O)C(=O)N1. The van der Waals surface area contributed by atoms with Gasteiger partial charge in [0.25, 0.3) is 5.91 Å². The summed E-state index contributed by atoms with van der Waals surface area (Å²) in [5.41, 5.74) is 1.46. The molecule has 0 bridgehead atoms. The van der Waals surface area contributed by atoms with Gasteiger partial charge in [0.1, 0.15) is 24.6 Å². The average Bonchev–Trinajstić information content (AvgIpc) is 3.14. The van der Waals surface area contributed by atoms with Crippen LogP contribution in [0.4, 0.5) is 0 Å². The number of nitrogens with zero attached hydrogens (tertiary/aromatic N) is 3. The molecule has 2 fully saturated rings. The normalized spacial score (nSPS) is 27.0. The quantitative estimate of drug-likeness (QED) is 0.636. The van der Waals surface area contributed by atoms with Gasteiger partial charge in [0.2, 0.25) is 11.8 Å². The highest BCUT2D eigenvalue weighted by Gasteiger charge is 2.39. The number of ether oxygens (including phenoxy) is 1. The first kappa shape index (κ1) is 21.6. The second-order valence-electron chi connectivity index (χ2n) is 9.03. The van der Waals surface area contributed by atoms with Gasteiger partial charge in [-0.15, -0.1) is 0 Å². The number of allylic oxidation sites excluding steroid dienone is 1. The Morgan fingerprint density at radius 1 is 1.15 bits per heavy atom. The Bertz CT molecular complexity index is 1010. The fraction of sp³-hybridized carbons (Fsp3) is 0.500. The highest BCUT2D eigenvalue weighted by Crippen LogP contribution is 2.32. The Morgan fingerprint density at radius 2 is 2.03 bits per heavy atom. The first-order valence-corrected chi connectivity index (χ1v) is 11.7. The maximum Gasteiger partial charge on any atom is 0.255 e. The van der Waals surface area contributed by atoms with Crippen LogP contribution in [0.25, 0.3) is 0 Å². The zero-order valence-electron chi connectivity index (χ0n) is 18.5. The van der Waals surface area contributed by atoms with E-state index in [1.54, 1.807) is 11.0 Å². The number of rotatable bonds is 6. The van der Waals surface area contributed by atoms with Crippen molar-refractivity contribution in [2.24, 2.45) is 4.99 Å². The highest BCUT2D eigenvalue weighted by molar-refractivity contribution is 6.05. The number of carbonyl (C=O) groups is 3. The lowest BCUT2D eigenvalue weighted by atomic mass is 9.92. The van der Waals surface area contributed by atoms with Gasteiger partial charge in [-0.3, -0.25) is 30.0 Å². The van der Waals surface area contributed by atoms with Crippen LogP contribution in [0, 0.1) is 0 Å². The van der Waals surface area contributed by atoms with Gasteiger partial charge in [0.15, 0.2) is 0 Å². The summed E-state index contributed by atoms with van der Waals surface area (Å²) < 4.78 is 6.40. The zero-order chi connectivity index (χ0) is 22.8. The van der Waals surface area contributed by atoms with Crippen LogP contribution in [0.1, 0.15) is 54.4 Å². The number of benzene rings is 1. The molecule has 3 amide bonds. The molecule has 33 heavy (non-hydrogen) atoms. The lowest BCUT2D eigenvalue weighted by molar-refractivity contribution is -0.136. The largest absolute Gasteiger partial charge is 0.489 e. The van der Waals surface area contributed by atoms with E-state index in [9.17, 15) is 14.4 Å². The molecule has 4 aliphatic rings. The smallest absolute Gasteiger partial charge is 0.255 e. The number of nitrogens with one attached hydrogen (secondary N) is 2. The predicted octanol–water partition coefficient (Wildman–Crippen LogP) is 1.54. The molecule has 1 aromatic carbocycles. The number of hydrogen-bond acceptors (Lipinski definition) is 7. The molecule has 0 aromatic heterocycles. The van der Waals surface area contributed by atoms with Crippen LogP contribution >= 0.6 is 0 Å². The summed E-state index contributed by atoms with van der Waals surface area (Å²) in [7, 11) is 0. The second-order valence-corrected chi connectivity index (χ2v) is 9.03. The van der Waals surface area contributed by atoms with Gasteiger partial charge in [-0.2, -0.15) is 0 Å². The van der Waals surface area contributed by atoms with Crippen molar-refractivity contribution in [1.82, 2.24) is 20.4 Å². The molecule has 174 valence electrons. The van der Waals surface area contributed by atoms with Gasteiger partial charge < -0.3 is 14.5 Å². The minimum atomic E-state index is -0.605. The van der Waals surface area contributed by atoms with Crippen LogP contribution in [0.15, 0.2) is 35.5 Å². The van der Waals surface area contributed by atoms with Crippen LogP contribution in [-0.2, 0) is 16.1 Å². The molecule has 9 heteroatoms. The molecule has 1 aliphatic carbocycles. The summed E-state index contributed by atoms with van der Waals surface area (Å²) in [6.07, 6.45) is 10.8. The predicted molar refractivity (Wildman–Crippen MR) is 121 cm³/mol. The van der Waals surface area contributed by atoms with E-state index in [-0.39, 0.29) is 30.4 Å². The second kappa shape index (κ2) is 9.35. The first-order chi connectivity index (χ1) is 16.1. The van der Waals surface area contributed by atoms with Crippen molar-refractivity contribution in [3.8, 4) is 5.75 Å². The Labute approximate surface area is 192 Å². The van der Waals surface area contributed by atoms with E-state index >= 15 is 0 Å². The Balaban J connectivity index is 1.23. The topological polar surface area (TPSA) is 103 Å². The minimum Gasteiger partial charge on any atom is -0.489 e. The molecule has 5 rings (SSSR count). The molecule has 0 radical (unpaired) electrons. The average molecular weight is 452 g/mol. The van der Waals surface area contributed by atoms with Gasteiger partial charge in [-0.25, -0.2) is 0 Å². The molecule has 1 saturated heterocycles. The van der Waals surface area contributed by atoms with Crippen LogP contribution < -0.4 is 15.4 Å². The molecule has 3 aliphatic heterocycles. The Morgan fingerprint density at radius 3 is 2.85 bits per heavy atom. The fourth-order valence-corrected chi connectivity index (χ4v) is 5.03. The van der Waals surface area contributed by atoms with Gasteiger partial charge in [0.05, 0.1) is 6.67 Å². The van der Waals surface area contributed by atoms with Crippen molar-refractivity contribution < 1.29 is 19.1 Å². The standard InChI is InChI=1S/C24H29N5O4/c30-22-9-8-20(23(31)27-22)29-13-16-12-17(6-7-18(16)24(29)32)33-21-5-2-1-4-19(21)26-15-28-11-3-10-25-14-28/h3,6-7,10-12,19-21,26H,1-2,4-5,8-9,13-15H2,(H,27,30,31). The van der Waals surface area contributed by atoms with E-state index in [1.807, 2.05) is 30.6 Å². The van der Waals surface area contributed by atoms with Crippen LogP contribution in [0.2, 0.25) is 0 Å². The number of imide groups is 1. The molecule has 3 unspecified atom stereocenters. The molecular formula is C24H29N5O4. The highest BCUT2D eigenvalue weighted by atomic mass is 16.5. The van der Waals surface area contributed by atoms with E-state index in [0.717, 1.165) is 37.2 Å². The summed E-state index contributed by atoms with van der Waals surface area (Å²) in [6.45, 7) is 1.73. The van der Waals surface area contributed by atoms with Crippen LogP contribution in [-0.4, -0.2) is 65.3 Å². The molecule has 3 heterocycles. The maximum atomic E-state index is 12.9. The number of fused-ring (bicyclic) bond motifs is 1. The molecular weight excluding hydrogens is 422 g/mol. The number of amides is 3. The van der Waals surface area contributed by atoms with E-state index in [2.05, 4.69) is 20.5 Å². The molecule has 9 nitrogen and oxygen atoms in total. The van der Waals surface area contributed by atoms with E-state index in [4.69, 9.17) is 4.74 Å². The lowest BCUT2D eigenvalue weighted by Gasteiger charge is -2.34. The third-order valence-corrected chi connectivity index (χ3v) is 6.79. The number of aliphatic imine (C=N–C) groups is 1. The third-order valence-electron chi connectivity index (χ3n) is 6.79. The van der Waals surface area contributed by atoms with Crippen molar-refractivity contribution in [3.05, 3.63) is 41.6 Å². The molecule has 1 saturated carbocycles. The van der Waals surface area contributed by atoms with Gasteiger partial charge in [0, 0.05) is 37.0 Å². The van der Waals surface area contributed by atoms with Crippen molar-refractivity contribution in [2.45, 2.75) is 63.3 Å². The molecule has 1 aromatic rings. The summed E-state index contributed by atoms with van der Waals surface area (Å²) in [4.78, 5) is 44.6. The summed E-state index contributed by atoms with van der Waals surface area (Å²) in [6, 6.07) is 5.20. The zero-order valence-corrected chi connectivity index (χ0v) is 18.5. The summed E-state index contributed by atoms with van der Waals surface area (Å²) >= 11 is 0.